The molecule has 5 nitrogen and oxygen atoms in total. The Kier molecular flexibility index (Phi) is 7.19. The molecule has 0 bridgehead atoms. The second-order valence-corrected chi connectivity index (χ2v) is 8.58. The van der Waals surface area contributed by atoms with Crippen LogP contribution in [-0.2, 0) is 9.59 Å². The summed E-state index contributed by atoms with van der Waals surface area (Å²) in [6.45, 7) is 2.62. The number of nitrogens with one attached hydrogen (secondary N) is 1. The molecule has 1 aromatic rings. The van der Waals surface area contributed by atoms with E-state index in [4.69, 9.17) is 11.6 Å². The normalized spacial score (nSPS) is 22.9. The number of halogens is 1. The summed E-state index contributed by atoms with van der Waals surface area (Å²) >= 11 is 7.31. The molecular weight excluding hydrogens is 382 g/mol. The molecule has 3 rings (SSSR count). The molecule has 0 radical (unpaired) electrons. The molecule has 1 saturated heterocycles. The van der Waals surface area contributed by atoms with Gasteiger partial charge in [-0.05, 0) is 44.0 Å². The van der Waals surface area contributed by atoms with Crippen LogP contribution in [0.3, 0.4) is 0 Å². The van der Waals surface area contributed by atoms with Crippen LogP contribution in [-0.4, -0.2) is 39.7 Å². The zero-order valence-corrected chi connectivity index (χ0v) is 17.2. The molecule has 0 spiro atoms. The summed E-state index contributed by atoms with van der Waals surface area (Å²) in [6, 6.07) is 7.19. The van der Waals surface area contributed by atoms with E-state index in [1.165, 1.54) is 24.6 Å². The number of nitrogens with zero attached hydrogens (tertiary/aromatic N) is 2. The van der Waals surface area contributed by atoms with E-state index in [2.05, 4.69) is 10.3 Å². The van der Waals surface area contributed by atoms with E-state index in [1.54, 1.807) is 24.3 Å². The molecule has 27 heavy (non-hydrogen) atoms. The first-order chi connectivity index (χ1) is 13.1. The van der Waals surface area contributed by atoms with E-state index in [-0.39, 0.29) is 24.3 Å². The maximum Gasteiger partial charge on any atom is 0.242 e. The summed E-state index contributed by atoms with van der Waals surface area (Å²) < 4.78 is 0. The van der Waals surface area contributed by atoms with Gasteiger partial charge < -0.3 is 5.32 Å². The number of amidine groups is 1. The van der Waals surface area contributed by atoms with Crippen LogP contribution in [0.25, 0.3) is 0 Å². The predicted molar refractivity (Wildman–Crippen MR) is 112 cm³/mol. The zero-order chi connectivity index (χ0) is 19.2. The van der Waals surface area contributed by atoms with Gasteiger partial charge in [-0.3, -0.25) is 19.5 Å². The number of rotatable bonds is 5. The number of aliphatic imine (C=N–C) groups is 1. The number of amides is 2. The van der Waals surface area contributed by atoms with E-state index in [1.807, 2.05) is 11.8 Å². The van der Waals surface area contributed by atoms with Gasteiger partial charge in [0, 0.05) is 29.7 Å². The molecule has 1 aromatic carbocycles. The molecule has 0 aromatic heterocycles. The minimum absolute atomic E-state index is 0.0327. The molecule has 146 valence electrons. The van der Waals surface area contributed by atoms with E-state index in [9.17, 15) is 9.59 Å². The molecule has 2 aliphatic rings. The number of carbonyl (C=O) groups is 2. The fraction of sp³-hybridized carbons (Fsp3) is 0.550. The van der Waals surface area contributed by atoms with Crippen molar-refractivity contribution in [1.82, 2.24) is 4.90 Å². The van der Waals surface area contributed by atoms with Crippen LogP contribution >= 0.6 is 23.4 Å². The lowest BCUT2D eigenvalue weighted by molar-refractivity contribution is -0.129. The average molecular weight is 408 g/mol. The fourth-order valence-electron chi connectivity index (χ4n) is 3.63. The molecule has 1 atom stereocenters. The Labute approximate surface area is 169 Å². The van der Waals surface area contributed by atoms with Crippen LogP contribution in [0.15, 0.2) is 29.3 Å². The Morgan fingerprint density at radius 1 is 1.22 bits per heavy atom. The van der Waals surface area contributed by atoms with Crippen molar-refractivity contribution in [3.05, 3.63) is 29.3 Å². The minimum atomic E-state index is -0.397. The lowest BCUT2D eigenvalue weighted by atomic mass is 10.1. The maximum absolute atomic E-state index is 13.1. The van der Waals surface area contributed by atoms with Gasteiger partial charge in [-0.1, -0.05) is 49.0 Å². The molecule has 2 fully saturated rings. The first-order valence-corrected chi connectivity index (χ1v) is 10.9. The monoisotopic (exact) mass is 407 g/mol. The van der Waals surface area contributed by atoms with Gasteiger partial charge in [0.1, 0.15) is 5.25 Å². The van der Waals surface area contributed by atoms with Gasteiger partial charge in [0.2, 0.25) is 11.8 Å². The highest BCUT2D eigenvalue weighted by Gasteiger charge is 2.42. The number of hydrogen-bond acceptors (Lipinski definition) is 4. The third-order valence-corrected chi connectivity index (χ3v) is 6.39. The van der Waals surface area contributed by atoms with Gasteiger partial charge in [0.05, 0.1) is 0 Å². The van der Waals surface area contributed by atoms with E-state index >= 15 is 0 Å². The number of thioether (sulfide) groups is 1. The third-order valence-electron chi connectivity index (χ3n) is 4.95. The molecule has 2 amide bonds. The zero-order valence-electron chi connectivity index (χ0n) is 15.6. The van der Waals surface area contributed by atoms with Crippen LogP contribution in [0, 0.1) is 0 Å². The van der Waals surface area contributed by atoms with E-state index < -0.39 is 5.25 Å². The Balaban J connectivity index is 1.66. The molecule has 1 aliphatic heterocycles. The third kappa shape index (κ3) is 5.26. The summed E-state index contributed by atoms with van der Waals surface area (Å²) in [4.78, 5) is 31.9. The van der Waals surface area contributed by atoms with Crippen LogP contribution in [0.4, 0.5) is 5.69 Å². The summed E-state index contributed by atoms with van der Waals surface area (Å²) in [7, 11) is 0. The second kappa shape index (κ2) is 9.60. The summed E-state index contributed by atoms with van der Waals surface area (Å²) in [6.07, 6.45) is 6.98. The Morgan fingerprint density at radius 3 is 2.52 bits per heavy atom. The highest BCUT2D eigenvalue weighted by molar-refractivity contribution is 8.15. The first-order valence-electron chi connectivity index (χ1n) is 9.68. The predicted octanol–water partition coefficient (Wildman–Crippen LogP) is 4.71. The summed E-state index contributed by atoms with van der Waals surface area (Å²) in [5, 5.41) is 3.86. The van der Waals surface area contributed by atoms with Gasteiger partial charge in [-0.25, -0.2) is 0 Å². The van der Waals surface area contributed by atoms with Crippen molar-refractivity contribution in [2.75, 3.05) is 11.9 Å². The number of hydrogen-bond donors (Lipinski definition) is 1. The van der Waals surface area contributed by atoms with Crippen molar-refractivity contribution in [3.63, 3.8) is 0 Å². The first kappa shape index (κ1) is 20.2. The topological polar surface area (TPSA) is 61.8 Å². The molecule has 1 N–H and O–H groups in total. The summed E-state index contributed by atoms with van der Waals surface area (Å²) in [5.41, 5.74) is 0.683. The molecule has 1 heterocycles. The molecule has 7 heteroatoms. The summed E-state index contributed by atoms with van der Waals surface area (Å²) in [5.74, 6) is -0.132. The largest absolute Gasteiger partial charge is 0.326 e. The Hall–Kier alpha value is -1.53. The lowest BCUT2D eigenvalue weighted by Gasteiger charge is -2.26. The second-order valence-electron chi connectivity index (χ2n) is 6.98. The van der Waals surface area contributed by atoms with Crippen LogP contribution in [0.5, 0.6) is 0 Å². The van der Waals surface area contributed by atoms with Gasteiger partial charge in [-0.2, -0.15) is 0 Å². The van der Waals surface area contributed by atoms with Crippen molar-refractivity contribution >= 4 is 46.0 Å². The van der Waals surface area contributed by atoms with Gasteiger partial charge >= 0.3 is 0 Å². The molecule has 1 aliphatic carbocycles. The van der Waals surface area contributed by atoms with Crippen molar-refractivity contribution in [2.24, 2.45) is 4.99 Å². The Bertz CT molecular complexity index is 700. The highest BCUT2D eigenvalue weighted by atomic mass is 35.5. The highest BCUT2D eigenvalue weighted by Crippen LogP contribution is 2.35. The SMILES string of the molecule is CCN=C1S[C@@H](CC(=O)Nc2ccc(Cl)cc2)C(=O)N1C1CCCCCC1. The standard InChI is InChI=1S/C20H26ClN3O2S/c1-2-22-20-24(16-7-5-3-4-6-8-16)19(26)17(27-20)13-18(25)23-15-11-9-14(21)10-12-15/h9-12,16-17H,2-8,13H2,1H3,(H,23,25)/t17-/m0/s1. The van der Waals surface area contributed by atoms with Crippen molar-refractivity contribution in [1.29, 1.82) is 0 Å². The average Bonchev–Trinajstić information content (AvgIpc) is 2.82. The smallest absolute Gasteiger partial charge is 0.242 e. The van der Waals surface area contributed by atoms with E-state index in [0.29, 0.717) is 17.3 Å². The van der Waals surface area contributed by atoms with Crippen LogP contribution in [0.2, 0.25) is 5.02 Å². The molecular formula is C20H26ClN3O2S. The maximum atomic E-state index is 13.1. The molecule has 1 saturated carbocycles. The number of benzene rings is 1. The Morgan fingerprint density at radius 2 is 1.89 bits per heavy atom. The van der Waals surface area contributed by atoms with Crippen molar-refractivity contribution in [2.45, 2.75) is 63.2 Å². The quantitative estimate of drug-likeness (QED) is 0.719. The molecule has 0 unspecified atom stereocenters. The lowest BCUT2D eigenvalue weighted by Crippen LogP contribution is -2.41. The van der Waals surface area contributed by atoms with Gasteiger partial charge in [-0.15, -0.1) is 0 Å². The van der Waals surface area contributed by atoms with E-state index in [0.717, 1.165) is 30.9 Å². The van der Waals surface area contributed by atoms with Crippen molar-refractivity contribution in [3.8, 4) is 0 Å². The number of anilines is 1. The van der Waals surface area contributed by atoms with Crippen LogP contribution < -0.4 is 5.32 Å². The van der Waals surface area contributed by atoms with Crippen molar-refractivity contribution < 1.29 is 9.59 Å². The van der Waals surface area contributed by atoms with Gasteiger partial charge in [0.15, 0.2) is 5.17 Å². The minimum Gasteiger partial charge on any atom is -0.326 e. The number of carbonyl (C=O) groups excluding carboxylic acids is 2. The van der Waals surface area contributed by atoms with Crippen LogP contribution in [0.1, 0.15) is 51.9 Å². The van der Waals surface area contributed by atoms with Gasteiger partial charge in [0.25, 0.3) is 0 Å². The fourth-order valence-corrected chi connectivity index (χ4v) is 5.01.